The van der Waals surface area contributed by atoms with Crippen molar-refractivity contribution < 1.29 is 9.47 Å². The highest BCUT2D eigenvalue weighted by Gasteiger charge is 2.05. The zero-order valence-corrected chi connectivity index (χ0v) is 15.2. The summed E-state index contributed by atoms with van der Waals surface area (Å²) in [6.07, 6.45) is 7.23. The lowest BCUT2D eigenvalue weighted by atomic mass is 10.2. The summed E-state index contributed by atoms with van der Waals surface area (Å²) in [5, 5.41) is 10.2. The van der Waals surface area contributed by atoms with Gasteiger partial charge in [0.1, 0.15) is 6.20 Å². The van der Waals surface area contributed by atoms with Crippen LogP contribution in [-0.2, 0) is 0 Å². The van der Waals surface area contributed by atoms with E-state index in [0.717, 1.165) is 29.3 Å². The van der Waals surface area contributed by atoms with Crippen LogP contribution in [0.1, 0.15) is 38.2 Å². The van der Waals surface area contributed by atoms with E-state index in [1.807, 2.05) is 12.1 Å². The quantitative estimate of drug-likeness (QED) is 0.421. The Kier molecular flexibility index (Phi) is 7.34. The fraction of sp³-hybridized carbons (Fsp3) is 0.412. The second-order valence-corrected chi connectivity index (χ2v) is 5.78. The van der Waals surface area contributed by atoms with Crippen molar-refractivity contribution in [1.82, 2.24) is 14.9 Å². The zero-order valence-electron chi connectivity index (χ0n) is 14.4. The van der Waals surface area contributed by atoms with Gasteiger partial charge < -0.3 is 9.47 Å². The van der Waals surface area contributed by atoms with Gasteiger partial charge in [-0.1, -0.05) is 26.2 Å². The highest BCUT2D eigenvalue weighted by Crippen LogP contribution is 2.27. The molecule has 0 atom stereocenters. The van der Waals surface area contributed by atoms with Crippen LogP contribution in [0, 0.1) is 4.77 Å². The number of aromatic amines is 1. The third kappa shape index (κ3) is 5.53. The summed E-state index contributed by atoms with van der Waals surface area (Å²) >= 11 is 4.99. The topological polar surface area (TPSA) is 81.5 Å². The number of ether oxygens (including phenoxy) is 2. The fourth-order valence-corrected chi connectivity index (χ4v) is 2.36. The zero-order chi connectivity index (χ0) is 18.1. The van der Waals surface area contributed by atoms with Crippen LogP contribution in [0.2, 0.25) is 0 Å². The number of benzene rings is 1. The highest BCUT2D eigenvalue weighted by molar-refractivity contribution is 7.71. The molecule has 0 bridgehead atoms. The largest absolute Gasteiger partial charge is 0.493 e. The highest BCUT2D eigenvalue weighted by atomic mass is 32.1. The third-order valence-electron chi connectivity index (χ3n) is 3.50. The molecule has 0 amide bonds. The molecule has 0 spiro atoms. The summed E-state index contributed by atoms with van der Waals surface area (Å²) in [5.74, 6) is 1.31. The Hall–Kier alpha value is -2.48. The first-order chi connectivity index (χ1) is 12.2. The van der Waals surface area contributed by atoms with Gasteiger partial charge in [0.25, 0.3) is 5.56 Å². The number of hydrogen-bond acceptors (Lipinski definition) is 6. The summed E-state index contributed by atoms with van der Waals surface area (Å²) in [6.45, 7) is 2.84. The number of rotatable bonds is 9. The van der Waals surface area contributed by atoms with Gasteiger partial charge in [0.15, 0.2) is 11.5 Å². The molecule has 0 radical (unpaired) electrons. The summed E-state index contributed by atoms with van der Waals surface area (Å²) in [7, 11) is 1.59. The smallest absolute Gasteiger partial charge is 0.293 e. The average Bonchev–Trinajstić information content (AvgIpc) is 2.61. The normalized spacial score (nSPS) is 11.0. The Balaban J connectivity index is 2.09. The van der Waals surface area contributed by atoms with Crippen molar-refractivity contribution in [3.8, 4) is 11.5 Å². The van der Waals surface area contributed by atoms with E-state index in [1.54, 1.807) is 13.2 Å². The lowest BCUT2D eigenvalue weighted by Gasteiger charge is -2.11. The monoisotopic (exact) mass is 362 g/mol. The van der Waals surface area contributed by atoms with E-state index < -0.39 is 5.56 Å². The molecule has 0 unspecified atom stereocenters. The van der Waals surface area contributed by atoms with E-state index in [9.17, 15) is 4.79 Å². The van der Waals surface area contributed by atoms with E-state index >= 15 is 0 Å². The summed E-state index contributed by atoms with van der Waals surface area (Å²) in [4.78, 5) is 11.7. The molecule has 2 rings (SSSR count). The van der Waals surface area contributed by atoms with Crippen molar-refractivity contribution >= 4 is 18.4 Å². The maximum Gasteiger partial charge on any atom is 0.293 e. The van der Waals surface area contributed by atoms with Crippen molar-refractivity contribution in [1.29, 1.82) is 0 Å². The van der Waals surface area contributed by atoms with Crippen LogP contribution < -0.4 is 15.0 Å². The molecule has 0 aliphatic carbocycles. The van der Waals surface area contributed by atoms with Gasteiger partial charge in [0, 0.05) is 0 Å². The van der Waals surface area contributed by atoms with Crippen molar-refractivity contribution in [2.45, 2.75) is 32.6 Å². The van der Waals surface area contributed by atoms with Gasteiger partial charge in [0.2, 0.25) is 4.77 Å². The Bertz CT molecular complexity index is 801. The maximum absolute atomic E-state index is 11.7. The fourth-order valence-electron chi connectivity index (χ4n) is 2.17. The summed E-state index contributed by atoms with van der Waals surface area (Å²) < 4.78 is 12.3. The van der Waals surface area contributed by atoms with Crippen molar-refractivity contribution in [2.75, 3.05) is 13.7 Å². The van der Waals surface area contributed by atoms with Crippen LogP contribution in [0.15, 0.2) is 34.3 Å². The number of hydrogen-bond donors (Lipinski definition) is 1. The maximum atomic E-state index is 11.7. The first-order valence-corrected chi connectivity index (χ1v) is 8.58. The summed E-state index contributed by atoms with van der Waals surface area (Å²) in [5.41, 5.74) is 0.354. The molecule has 0 saturated heterocycles. The lowest BCUT2D eigenvalue weighted by Crippen LogP contribution is -2.18. The number of unbranched alkanes of at least 4 members (excludes halogenated alkanes) is 3. The molecule has 0 fully saturated rings. The van der Waals surface area contributed by atoms with Crippen molar-refractivity contribution in [3.05, 3.63) is 45.1 Å². The molecule has 0 aliphatic heterocycles. The van der Waals surface area contributed by atoms with Gasteiger partial charge in [-0.25, -0.2) is 0 Å². The molecule has 1 heterocycles. The van der Waals surface area contributed by atoms with Crippen LogP contribution in [0.5, 0.6) is 11.5 Å². The molecule has 0 saturated carbocycles. The van der Waals surface area contributed by atoms with E-state index in [0.29, 0.717) is 18.1 Å². The number of nitrogens with zero attached hydrogens (tertiary/aromatic N) is 3. The molecule has 0 aliphatic rings. The number of H-pyrrole nitrogens is 1. The summed E-state index contributed by atoms with van der Waals surface area (Å²) in [6, 6.07) is 5.46. The minimum absolute atomic E-state index is 0.128. The molecule has 8 heteroatoms. The van der Waals surface area contributed by atoms with Crippen LogP contribution in [-0.4, -0.2) is 34.8 Å². The number of methoxy groups -OCH3 is 1. The number of aromatic nitrogens is 3. The first-order valence-electron chi connectivity index (χ1n) is 8.17. The SMILES string of the molecule is CCCCCCOc1ccc(/C=N\n2c(=O)cn[nH]c2=S)cc1OC. The molecule has 1 aromatic carbocycles. The van der Waals surface area contributed by atoms with Crippen LogP contribution in [0.25, 0.3) is 0 Å². The molecular formula is C17H22N4O3S. The Morgan fingerprint density at radius 3 is 2.88 bits per heavy atom. The molecular weight excluding hydrogens is 340 g/mol. The predicted molar refractivity (Wildman–Crippen MR) is 99.3 cm³/mol. The predicted octanol–water partition coefficient (Wildman–Crippen LogP) is 3.15. The second-order valence-electron chi connectivity index (χ2n) is 5.39. The minimum Gasteiger partial charge on any atom is -0.493 e. The lowest BCUT2D eigenvalue weighted by molar-refractivity contribution is 0.285. The molecule has 25 heavy (non-hydrogen) atoms. The number of nitrogens with one attached hydrogen (secondary N) is 1. The van der Waals surface area contributed by atoms with Gasteiger partial charge in [-0.05, 0) is 42.4 Å². The van der Waals surface area contributed by atoms with Gasteiger partial charge in [-0.15, -0.1) is 0 Å². The molecule has 7 nitrogen and oxygen atoms in total. The molecule has 2 aromatic rings. The van der Waals surface area contributed by atoms with Gasteiger partial charge in [-0.3, -0.25) is 9.89 Å². The Morgan fingerprint density at radius 1 is 1.32 bits per heavy atom. The molecule has 1 aromatic heterocycles. The Labute approximate surface area is 151 Å². The second kappa shape index (κ2) is 9.73. The van der Waals surface area contributed by atoms with Crippen LogP contribution in [0.4, 0.5) is 0 Å². The standard InChI is InChI=1S/C17H22N4O3S/c1-3-4-5-6-9-24-14-8-7-13(10-15(14)23-2)11-19-21-16(22)12-18-20-17(21)25/h7-8,10-12H,3-6,9H2,1-2H3,(H,20,25)/b19-11-. The van der Waals surface area contributed by atoms with Crippen LogP contribution in [0.3, 0.4) is 0 Å². The third-order valence-corrected chi connectivity index (χ3v) is 3.77. The van der Waals surface area contributed by atoms with Gasteiger partial charge in [0.05, 0.1) is 19.9 Å². The van der Waals surface area contributed by atoms with E-state index in [1.165, 1.54) is 19.1 Å². The van der Waals surface area contributed by atoms with E-state index in [-0.39, 0.29) is 4.77 Å². The average molecular weight is 362 g/mol. The van der Waals surface area contributed by atoms with E-state index in [4.69, 9.17) is 21.7 Å². The molecule has 1 N–H and O–H groups in total. The van der Waals surface area contributed by atoms with E-state index in [2.05, 4.69) is 22.2 Å². The Morgan fingerprint density at radius 2 is 2.16 bits per heavy atom. The first kappa shape index (κ1) is 18.9. The van der Waals surface area contributed by atoms with Gasteiger partial charge >= 0.3 is 0 Å². The minimum atomic E-state index is -0.404. The molecule has 134 valence electrons. The van der Waals surface area contributed by atoms with Gasteiger partial charge in [-0.2, -0.15) is 14.9 Å². The van der Waals surface area contributed by atoms with Crippen molar-refractivity contribution in [3.63, 3.8) is 0 Å². The van der Waals surface area contributed by atoms with Crippen molar-refractivity contribution in [2.24, 2.45) is 5.10 Å². The van der Waals surface area contributed by atoms with Crippen LogP contribution >= 0.6 is 12.2 Å².